The number of anilines is 1. The molecule has 0 saturated carbocycles. The molecule has 1 aliphatic heterocycles. The first-order valence-corrected chi connectivity index (χ1v) is 13.1. The van der Waals surface area contributed by atoms with Gasteiger partial charge in [0.05, 0.1) is 18.0 Å². The van der Waals surface area contributed by atoms with Crippen molar-refractivity contribution in [1.82, 2.24) is 20.4 Å². The predicted molar refractivity (Wildman–Crippen MR) is 130 cm³/mol. The molecule has 1 N–H and O–H groups in total. The Kier molecular flexibility index (Phi) is 7.78. The first kappa shape index (κ1) is 25.2. The van der Waals surface area contributed by atoms with Gasteiger partial charge in [-0.25, -0.2) is 8.42 Å². The fourth-order valence-electron chi connectivity index (χ4n) is 4.28. The molecule has 0 aliphatic carbocycles. The molecule has 0 bridgehead atoms. The highest BCUT2D eigenvalue weighted by Gasteiger charge is 2.27. The second-order valence-corrected chi connectivity index (χ2v) is 10.8. The fourth-order valence-corrected chi connectivity index (χ4v) is 5.78. The zero-order chi connectivity index (χ0) is 25.0. The number of halogens is 2. The molecule has 1 fully saturated rings. The van der Waals surface area contributed by atoms with Crippen LogP contribution in [0.5, 0.6) is 0 Å². The van der Waals surface area contributed by atoms with Gasteiger partial charge in [0.15, 0.2) is 0 Å². The van der Waals surface area contributed by atoms with Crippen LogP contribution in [0.1, 0.15) is 31.7 Å². The van der Waals surface area contributed by atoms with Gasteiger partial charge in [0.2, 0.25) is 15.9 Å². The molecule has 2 heterocycles. The molecule has 0 spiro atoms. The third kappa shape index (κ3) is 6.41. The number of alkyl halides is 2. The standard InChI is InChI=1S/C24H29F2N5O3S/c1-17-14-30(15-18(2)27-17)12-13-35(32,33)31(21-6-4-3-5-7-21)16-19-8-10-20(11-9-19)23-28-29-24(34-23)22(25)26/h3-11,17-18,22,27H,12-16H2,1-2H3/t17-,18+. The van der Waals surface area contributed by atoms with E-state index in [1.54, 1.807) is 48.5 Å². The van der Waals surface area contributed by atoms with Gasteiger partial charge < -0.3 is 9.73 Å². The van der Waals surface area contributed by atoms with Crippen LogP contribution in [0.4, 0.5) is 14.5 Å². The molecule has 8 nitrogen and oxygen atoms in total. The van der Waals surface area contributed by atoms with Crippen LogP contribution in [-0.2, 0) is 16.6 Å². The van der Waals surface area contributed by atoms with Crippen LogP contribution in [0.25, 0.3) is 11.5 Å². The van der Waals surface area contributed by atoms with Crippen molar-refractivity contribution in [2.24, 2.45) is 0 Å². The Hall–Kier alpha value is -2.89. The number of rotatable bonds is 9. The zero-order valence-corrected chi connectivity index (χ0v) is 20.5. The normalized spacial score (nSPS) is 19.2. The lowest BCUT2D eigenvalue weighted by Gasteiger charge is -2.36. The molecular formula is C24H29F2N5O3S. The smallest absolute Gasteiger partial charge is 0.314 e. The van der Waals surface area contributed by atoms with Crippen LogP contribution in [0.15, 0.2) is 59.0 Å². The SMILES string of the molecule is C[C@@H]1CN(CCS(=O)(=O)N(Cc2ccc(-c3nnc(C(F)F)o3)cc2)c2ccccc2)C[C@H](C)N1. The number of benzene rings is 2. The topological polar surface area (TPSA) is 91.6 Å². The van der Waals surface area contributed by atoms with Gasteiger partial charge in [-0.3, -0.25) is 9.21 Å². The highest BCUT2D eigenvalue weighted by atomic mass is 32.2. The average molecular weight is 506 g/mol. The van der Waals surface area contributed by atoms with Gasteiger partial charge in [-0.15, -0.1) is 10.2 Å². The summed E-state index contributed by atoms with van der Waals surface area (Å²) in [5.74, 6) is -0.754. The maximum absolute atomic E-state index is 13.5. The first-order valence-electron chi connectivity index (χ1n) is 11.5. The number of aromatic nitrogens is 2. The molecule has 3 aromatic rings. The van der Waals surface area contributed by atoms with E-state index in [-0.39, 0.29) is 18.2 Å². The molecule has 1 aromatic heterocycles. The summed E-state index contributed by atoms with van der Waals surface area (Å²) < 4.78 is 58.8. The third-order valence-corrected chi connectivity index (χ3v) is 7.54. The van der Waals surface area contributed by atoms with E-state index in [0.717, 1.165) is 18.7 Å². The Balaban J connectivity index is 1.51. The van der Waals surface area contributed by atoms with Crippen LogP contribution in [0.2, 0.25) is 0 Å². The number of hydrogen-bond donors (Lipinski definition) is 1. The summed E-state index contributed by atoms with van der Waals surface area (Å²) in [4.78, 5) is 2.18. The molecule has 188 valence electrons. The highest BCUT2D eigenvalue weighted by Crippen LogP contribution is 2.25. The monoisotopic (exact) mass is 505 g/mol. The summed E-state index contributed by atoms with van der Waals surface area (Å²) in [6, 6.07) is 16.4. The van der Waals surface area contributed by atoms with Gasteiger partial charge in [-0.05, 0) is 43.7 Å². The van der Waals surface area contributed by atoms with Crippen LogP contribution in [0.3, 0.4) is 0 Å². The van der Waals surface area contributed by atoms with Gasteiger partial charge in [-0.2, -0.15) is 8.78 Å². The second kappa shape index (κ2) is 10.8. The predicted octanol–water partition coefficient (Wildman–Crippen LogP) is 3.69. The van der Waals surface area contributed by atoms with Crippen molar-refractivity contribution in [3.63, 3.8) is 0 Å². The van der Waals surface area contributed by atoms with Gasteiger partial charge in [0, 0.05) is 37.3 Å². The van der Waals surface area contributed by atoms with Crippen molar-refractivity contribution >= 4 is 15.7 Å². The van der Waals surface area contributed by atoms with Gasteiger partial charge >= 0.3 is 6.43 Å². The molecule has 35 heavy (non-hydrogen) atoms. The van der Waals surface area contributed by atoms with Crippen molar-refractivity contribution < 1.29 is 21.6 Å². The van der Waals surface area contributed by atoms with Gasteiger partial charge in [-0.1, -0.05) is 30.3 Å². The maximum Gasteiger partial charge on any atom is 0.314 e. The molecule has 2 atom stereocenters. The van der Waals surface area contributed by atoms with E-state index in [1.165, 1.54) is 4.31 Å². The van der Waals surface area contributed by atoms with Crippen LogP contribution in [-0.4, -0.2) is 61.0 Å². The van der Waals surface area contributed by atoms with Crippen molar-refractivity contribution in [2.45, 2.75) is 38.9 Å². The lowest BCUT2D eigenvalue weighted by Crippen LogP contribution is -2.55. The molecule has 1 saturated heterocycles. The zero-order valence-electron chi connectivity index (χ0n) is 19.6. The van der Waals surface area contributed by atoms with E-state index >= 15 is 0 Å². The summed E-state index contributed by atoms with van der Waals surface area (Å²) in [7, 11) is -3.63. The molecule has 0 amide bonds. The molecule has 4 rings (SSSR count). The summed E-state index contributed by atoms with van der Waals surface area (Å²) in [5.41, 5.74) is 1.79. The van der Waals surface area contributed by atoms with E-state index in [1.807, 2.05) is 6.07 Å². The van der Waals surface area contributed by atoms with E-state index in [4.69, 9.17) is 4.42 Å². The highest BCUT2D eigenvalue weighted by molar-refractivity contribution is 7.92. The van der Waals surface area contributed by atoms with E-state index in [0.29, 0.717) is 29.9 Å². The lowest BCUT2D eigenvalue weighted by atomic mass is 10.1. The second-order valence-electron chi connectivity index (χ2n) is 8.83. The minimum Gasteiger partial charge on any atom is -0.415 e. The van der Waals surface area contributed by atoms with Gasteiger partial charge in [0.1, 0.15) is 0 Å². The van der Waals surface area contributed by atoms with Crippen molar-refractivity contribution in [3.05, 3.63) is 66.1 Å². The lowest BCUT2D eigenvalue weighted by molar-refractivity contribution is 0.116. The van der Waals surface area contributed by atoms with E-state index < -0.39 is 22.3 Å². The quantitative estimate of drug-likeness (QED) is 0.474. The Morgan fingerprint density at radius 2 is 1.71 bits per heavy atom. The Morgan fingerprint density at radius 1 is 1.06 bits per heavy atom. The number of para-hydroxylation sites is 1. The number of hydrogen-bond acceptors (Lipinski definition) is 7. The van der Waals surface area contributed by atoms with Crippen LogP contribution < -0.4 is 9.62 Å². The van der Waals surface area contributed by atoms with E-state index in [9.17, 15) is 17.2 Å². The molecule has 2 aromatic carbocycles. The van der Waals surface area contributed by atoms with Crippen molar-refractivity contribution in [2.75, 3.05) is 29.7 Å². The van der Waals surface area contributed by atoms with Crippen molar-refractivity contribution in [3.8, 4) is 11.5 Å². The van der Waals surface area contributed by atoms with Crippen molar-refractivity contribution in [1.29, 1.82) is 0 Å². The summed E-state index contributed by atoms with van der Waals surface area (Å²) in [6.07, 6.45) is -2.84. The largest absolute Gasteiger partial charge is 0.415 e. The number of nitrogens with one attached hydrogen (secondary N) is 1. The first-order chi connectivity index (χ1) is 16.7. The average Bonchev–Trinajstić information content (AvgIpc) is 3.32. The Bertz CT molecular complexity index is 1200. The number of sulfonamides is 1. The summed E-state index contributed by atoms with van der Waals surface area (Å²) in [5, 5.41) is 10.5. The fraction of sp³-hybridized carbons (Fsp3) is 0.417. The van der Waals surface area contributed by atoms with Crippen LogP contribution >= 0.6 is 0 Å². The third-order valence-electron chi connectivity index (χ3n) is 5.83. The Morgan fingerprint density at radius 3 is 2.31 bits per heavy atom. The number of nitrogens with zero attached hydrogens (tertiary/aromatic N) is 4. The Labute approximate surface area is 204 Å². The minimum atomic E-state index is -3.63. The van der Waals surface area contributed by atoms with Gasteiger partial charge in [0.25, 0.3) is 5.89 Å². The molecule has 1 aliphatic rings. The molecular weight excluding hydrogens is 476 g/mol. The van der Waals surface area contributed by atoms with E-state index in [2.05, 4.69) is 34.3 Å². The minimum absolute atomic E-state index is 0.00217. The van der Waals surface area contributed by atoms with Crippen LogP contribution in [0, 0.1) is 0 Å². The summed E-state index contributed by atoms with van der Waals surface area (Å²) >= 11 is 0. The summed E-state index contributed by atoms with van der Waals surface area (Å²) in [6.45, 7) is 6.38. The molecule has 11 heteroatoms. The molecule has 0 unspecified atom stereocenters. The maximum atomic E-state index is 13.5. The number of piperazine rings is 1. The molecule has 0 radical (unpaired) electrons.